The minimum atomic E-state index is -0.105. The van der Waals surface area contributed by atoms with Gasteiger partial charge in [0.1, 0.15) is 0 Å². The van der Waals surface area contributed by atoms with E-state index in [1.807, 2.05) is 18.2 Å². The highest BCUT2D eigenvalue weighted by Gasteiger charge is 2.30. The Morgan fingerprint density at radius 2 is 2.17 bits per heavy atom. The molecule has 0 saturated heterocycles. The Hall–Kier alpha value is -1.85. The first kappa shape index (κ1) is 16.0. The Morgan fingerprint density at radius 3 is 2.91 bits per heavy atom. The lowest BCUT2D eigenvalue weighted by Gasteiger charge is -2.29. The molecule has 1 heterocycles. The van der Waals surface area contributed by atoms with Crippen molar-refractivity contribution in [2.24, 2.45) is 0 Å². The van der Waals surface area contributed by atoms with Crippen LogP contribution in [0.15, 0.2) is 36.4 Å². The molecule has 0 bridgehead atoms. The fraction of sp³-hybridized carbons (Fsp3) is 0.389. The fourth-order valence-electron chi connectivity index (χ4n) is 3.21. The first-order valence-electron chi connectivity index (χ1n) is 7.97. The largest absolute Gasteiger partial charge is 0.395 e. The summed E-state index contributed by atoms with van der Waals surface area (Å²) in [4.78, 5) is 16.8. The molecule has 0 spiro atoms. The van der Waals surface area contributed by atoms with Gasteiger partial charge in [-0.2, -0.15) is 0 Å². The van der Waals surface area contributed by atoms with Crippen molar-refractivity contribution in [2.45, 2.75) is 32.4 Å². The number of hydrogen-bond donors (Lipinski definition) is 2. The number of aliphatic hydroxyl groups excluding tert-OH is 1. The quantitative estimate of drug-likeness (QED) is 0.884. The van der Waals surface area contributed by atoms with Crippen LogP contribution in [0.3, 0.4) is 0 Å². The number of hydrogen-bond acceptors (Lipinski definition) is 3. The van der Waals surface area contributed by atoms with Gasteiger partial charge in [-0.05, 0) is 43.0 Å². The van der Waals surface area contributed by atoms with E-state index in [2.05, 4.69) is 30.4 Å². The van der Waals surface area contributed by atoms with Crippen molar-refractivity contribution < 1.29 is 9.90 Å². The normalized spacial score (nSPS) is 16.2. The second kappa shape index (κ2) is 7.15. The number of fused-ring (bicyclic) bond motifs is 1. The smallest absolute Gasteiger partial charge is 0.318 e. The zero-order valence-corrected chi connectivity index (χ0v) is 14.1. The summed E-state index contributed by atoms with van der Waals surface area (Å²) < 4.78 is 0. The average Bonchev–Trinajstić information content (AvgIpc) is 3.16. The number of aryl methyl sites for hydroxylation is 2. The number of benzene rings is 1. The molecule has 2 aromatic rings. The Labute approximate surface area is 140 Å². The molecule has 0 saturated carbocycles. The summed E-state index contributed by atoms with van der Waals surface area (Å²) in [5.41, 5.74) is 2.52. The summed E-state index contributed by atoms with van der Waals surface area (Å²) in [6, 6.07) is 12.3. The van der Waals surface area contributed by atoms with Crippen LogP contribution in [0.25, 0.3) is 0 Å². The van der Waals surface area contributed by atoms with E-state index < -0.39 is 0 Å². The SMILES string of the molecule is Cc1ccc(CNC(=O)N(CCO)C2CCc3ccccc32)s1. The number of rotatable bonds is 5. The number of amides is 2. The van der Waals surface area contributed by atoms with Gasteiger partial charge in [-0.15, -0.1) is 11.3 Å². The maximum Gasteiger partial charge on any atom is 0.318 e. The van der Waals surface area contributed by atoms with Gasteiger partial charge in [0.2, 0.25) is 0 Å². The summed E-state index contributed by atoms with van der Waals surface area (Å²) in [6.45, 7) is 2.93. The lowest BCUT2D eigenvalue weighted by Crippen LogP contribution is -2.42. The number of carbonyl (C=O) groups is 1. The Balaban J connectivity index is 1.70. The van der Waals surface area contributed by atoms with Crippen molar-refractivity contribution in [3.8, 4) is 0 Å². The highest BCUT2D eigenvalue weighted by Crippen LogP contribution is 2.35. The maximum atomic E-state index is 12.6. The summed E-state index contributed by atoms with van der Waals surface area (Å²) >= 11 is 1.69. The number of carbonyl (C=O) groups excluding carboxylic acids is 1. The van der Waals surface area contributed by atoms with Gasteiger partial charge in [-0.25, -0.2) is 4.79 Å². The summed E-state index contributed by atoms with van der Waals surface area (Å²) in [6.07, 6.45) is 1.91. The Bertz CT molecular complexity index is 683. The van der Waals surface area contributed by atoms with Crippen LogP contribution < -0.4 is 5.32 Å². The van der Waals surface area contributed by atoms with Crippen molar-refractivity contribution in [1.29, 1.82) is 0 Å². The molecule has 122 valence electrons. The van der Waals surface area contributed by atoms with Crippen molar-refractivity contribution in [3.63, 3.8) is 0 Å². The number of thiophene rings is 1. The van der Waals surface area contributed by atoms with E-state index in [1.165, 1.54) is 16.0 Å². The van der Waals surface area contributed by atoms with Gasteiger partial charge < -0.3 is 15.3 Å². The Morgan fingerprint density at radius 1 is 1.35 bits per heavy atom. The molecular formula is C18H22N2O2S. The first-order chi connectivity index (χ1) is 11.2. The fourth-order valence-corrected chi connectivity index (χ4v) is 4.04. The van der Waals surface area contributed by atoms with Crippen molar-refractivity contribution in [3.05, 3.63) is 57.3 Å². The van der Waals surface area contributed by atoms with Crippen molar-refractivity contribution in [2.75, 3.05) is 13.2 Å². The lowest BCUT2D eigenvalue weighted by molar-refractivity contribution is 0.151. The molecule has 1 aliphatic carbocycles. The van der Waals surface area contributed by atoms with Crippen LogP contribution in [0.2, 0.25) is 0 Å². The van der Waals surface area contributed by atoms with Crippen LogP contribution in [0.1, 0.15) is 33.3 Å². The zero-order valence-electron chi connectivity index (χ0n) is 13.3. The van der Waals surface area contributed by atoms with Gasteiger partial charge >= 0.3 is 6.03 Å². The molecule has 2 amide bonds. The number of aliphatic hydroxyl groups is 1. The van der Waals surface area contributed by atoms with Gasteiger partial charge in [0.05, 0.1) is 19.2 Å². The molecule has 4 nitrogen and oxygen atoms in total. The van der Waals surface area contributed by atoms with Gasteiger partial charge in [0, 0.05) is 16.3 Å². The van der Waals surface area contributed by atoms with Crippen molar-refractivity contribution in [1.82, 2.24) is 10.2 Å². The van der Waals surface area contributed by atoms with E-state index in [0.717, 1.165) is 17.7 Å². The molecule has 3 rings (SSSR count). The number of nitrogens with one attached hydrogen (secondary N) is 1. The van der Waals surface area contributed by atoms with Crippen LogP contribution in [-0.4, -0.2) is 29.2 Å². The summed E-state index contributed by atoms with van der Waals surface area (Å²) in [5, 5.41) is 12.4. The molecule has 1 aromatic carbocycles. The highest BCUT2D eigenvalue weighted by molar-refractivity contribution is 7.11. The standard InChI is InChI=1S/C18H22N2O2S/c1-13-6-8-15(23-13)12-19-18(22)20(10-11-21)17-9-7-14-4-2-3-5-16(14)17/h2-6,8,17,21H,7,9-12H2,1H3,(H,19,22). The second-order valence-corrected chi connectivity index (χ2v) is 7.21. The van der Waals surface area contributed by atoms with Crippen molar-refractivity contribution >= 4 is 17.4 Å². The average molecular weight is 330 g/mol. The third kappa shape index (κ3) is 3.57. The topological polar surface area (TPSA) is 52.6 Å². The summed E-state index contributed by atoms with van der Waals surface area (Å²) in [7, 11) is 0. The predicted molar refractivity (Wildman–Crippen MR) is 92.6 cm³/mol. The molecular weight excluding hydrogens is 308 g/mol. The summed E-state index contributed by atoms with van der Waals surface area (Å²) in [5.74, 6) is 0. The molecule has 0 fully saturated rings. The third-order valence-corrected chi connectivity index (χ3v) is 5.29. The second-order valence-electron chi connectivity index (χ2n) is 5.84. The minimum Gasteiger partial charge on any atom is -0.395 e. The molecule has 2 N–H and O–H groups in total. The van der Waals surface area contributed by atoms with Crippen LogP contribution in [0, 0.1) is 6.92 Å². The van der Waals surface area contributed by atoms with E-state index in [4.69, 9.17) is 0 Å². The van der Waals surface area contributed by atoms with E-state index in [9.17, 15) is 9.90 Å². The third-order valence-electron chi connectivity index (χ3n) is 4.29. The molecule has 1 atom stereocenters. The monoisotopic (exact) mass is 330 g/mol. The van der Waals surface area contributed by atoms with E-state index in [0.29, 0.717) is 13.1 Å². The van der Waals surface area contributed by atoms with Gasteiger partial charge in [-0.1, -0.05) is 24.3 Å². The molecule has 1 aliphatic rings. The van der Waals surface area contributed by atoms with Crippen LogP contribution in [0.4, 0.5) is 4.79 Å². The molecule has 23 heavy (non-hydrogen) atoms. The molecule has 0 radical (unpaired) electrons. The van der Waals surface area contributed by atoms with Gasteiger partial charge in [0.15, 0.2) is 0 Å². The molecule has 5 heteroatoms. The van der Waals surface area contributed by atoms with Gasteiger partial charge in [0.25, 0.3) is 0 Å². The van der Waals surface area contributed by atoms with E-state index in [-0.39, 0.29) is 18.7 Å². The van der Waals surface area contributed by atoms with Gasteiger partial charge in [-0.3, -0.25) is 0 Å². The first-order valence-corrected chi connectivity index (χ1v) is 8.79. The molecule has 1 unspecified atom stereocenters. The molecule has 0 aliphatic heterocycles. The lowest BCUT2D eigenvalue weighted by atomic mass is 10.1. The van der Waals surface area contributed by atoms with E-state index >= 15 is 0 Å². The van der Waals surface area contributed by atoms with Crippen LogP contribution >= 0.6 is 11.3 Å². The number of nitrogens with zero attached hydrogens (tertiary/aromatic N) is 1. The zero-order chi connectivity index (χ0) is 16.2. The number of urea groups is 1. The van der Waals surface area contributed by atoms with E-state index in [1.54, 1.807) is 16.2 Å². The predicted octanol–water partition coefficient (Wildman–Crippen LogP) is 3.25. The van der Waals surface area contributed by atoms with Crippen LogP contribution in [-0.2, 0) is 13.0 Å². The molecule has 1 aromatic heterocycles. The maximum absolute atomic E-state index is 12.6. The van der Waals surface area contributed by atoms with Crippen LogP contribution in [0.5, 0.6) is 0 Å². The Kier molecular flexibility index (Phi) is 4.98. The highest BCUT2D eigenvalue weighted by atomic mass is 32.1. The minimum absolute atomic E-state index is 0.0236.